The summed E-state index contributed by atoms with van der Waals surface area (Å²) < 4.78 is 16.4. The van der Waals surface area contributed by atoms with Crippen molar-refractivity contribution in [3.05, 3.63) is 34.9 Å². The molecular weight excluding hydrogens is 274 g/mol. The molecule has 0 aliphatic carbocycles. The molecule has 21 heavy (non-hydrogen) atoms. The third kappa shape index (κ3) is 2.15. The van der Waals surface area contributed by atoms with E-state index < -0.39 is 6.10 Å². The highest BCUT2D eigenvalue weighted by molar-refractivity contribution is 5.96. The molecule has 0 unspecified atom stereocenters. The molecule has 3 heterocycles. The molecule has 1 amide bonds. The standard InChI is InChI=1S/C15H17NO5/c17-12-7-21-13-11(6-20-14(12)13)16-15(18)9-3-1-2-8-4-19-5-10(8)9/h1-3,11-14,17H,4-7H2,(H,16,18)/t11-,12-,13-,14-/m1/s1. The molecule has 2 saturated heterocycles. The number of fused-ring (bicyclic) bond motifs is 2. The van der Waals surface area contributed by atoms with Gasteiger partial charge in [-0.15, -0.1) is 0 Å². The van der Waals surface area contributed by atoms with Gasteiger partial charge in [0, 0.05) is 5.56 Å². The lowest BCUT2D eigenvalue weighted by molar-refractivity contribution is 0.0178. The van der Waals surface area contributed by atoms with Gasteiger partial charge in [-0.3, -0.25) is 4.79 Å². The molecule has 112 valence electrons. The number of nitrogens with one attached hydrogen (secondary N) is 1. The van der Waals surface area contributed by atoms with Crippen molar-refractivity contribution >= 4 is 5.91 Å². The van der Waals surface area contributed by atoms with Gasteiger partial charge in [0.1, 0.15) is 18.3 Å². The van der Waals surface area contributed by atoms with E-state index in [1.165, 1.54) is 0 Å². The van der Waals surface area contributed by atoms with Crippen molar-refractivity contribution in [1.82, 2.24) is 5.32 Å². The Morgan fingerprint density at radius 2 is 2.05 bits per heavy atom. The van der Waals surface area contributed by atoms with E-state index in [0.29, 0.717) is 25.4 Å². The molecule has 1 aromatic rings. The first-order chi connectivity index (χ1) is 10.2. The number of carbonyl (C=O) groups is 1. The van der Waals surface area contributed by atoms with Gasteiger partial charge >= 0.3 is 0 Å². The summed E-state index contributed by atoms with van der Waals surface area (Å²) in [5.74, 6) is -0.142. The van der Waals surface area contributed by atoms with E-state index in [2.05, 4.69) is 5.32 Å². The number of aliphatic hydroxyl groups excluding tert-OH is 1. The van der Waals surface area contributed by atoms with Crippen LogP contribution < -0.4 is 5.32 Å². The van der Waals surface area contributed by atoms with Crippen LogP contribution in [0, 0.1) is 0 Å². The highest BCUT2D eigenvalue weighted by Crippen LogP contribution is 2.28. The minimum Gasteiger partial charge on any atom is -0.388 e. The van der Waals surface area contributed by atoms with E-state index in [4.69, 9.17) is 14.2 Å². The molecule has 4 rings (SSSR count). The van der Waals surface area contributed by atoms with Crippen LogP contribution in [0.15, 0.2) is 18.2 Å². The smallest absolute Gasteiger partial charge is 0.252 e. The quantitative estimate of drug-likeness (QED) is 0.800. The molecule has 2 fully saturated rings. The average Bonchev–Trinajstić information content (AvgIpc) is 3.17. The Morgan fingerprint density at radius 3 is 2.95 bits per heavy atom. The zero-order chi connectivity index (χ0) is 14.4. The molecule has 0 radical (unpaired) electrons. The number of benzene rings is 1. The lowest BCUT2D eigenvalue weighted by Gasteiger charge is -2.18. The van der Waals surface area contributed by atoms with Gasteiger partial charge in [-0.1, -0.05) is 12.1 Å². The van der Waals surface area contributed by atoms with E-state index in [1.54, 1.807) is 6.07 Å². The number of ether oxygens (including phenoxy) is 3. The third-order valence-electron chi connectivity index (χ3n) is 4.37. The molecule has 2 N–H and O–H groups in total. The minimum absolute atomic E-state index is 0.142. The first-order valence-electron chi connectivity index (χ1n) is 7.14. The second-order valence-corrected chi connectivity index (χ2v) is 5.68. The van der Waals surface area contributed by atoms with Gasteiger partial charge < -0.3 is 24.6 Å². The number of hydrogen-bond donors (Lipinski definition) is 2. The highest BCUT2D eigenvalue weighted by atomic mass is 16.6. The maximum absolute atomic E-state index is 12.5. The van der Waals surface area contributed by atoms with Crippen LogP contribution in [-0.4, -0.2) is 48.6 Å². The maximum Gasteiger partial charge on any atom is 0.252 e. The summed E-state index contributed by atoms with van der Waals surface area (Å²) in [6, 6.07) is 5.43. The van der Waals surface area contributed by atoms with Crippen LogP contribution in [0.3, 0.4) is 0 Å². The molecule has 0 aromatic heterocycles. The van der Waals surface area contributed by atoms with E-state index in [0.717, 1.165) is 11.1 Å². The van der Waals surface area contributed by atoms with Gasteiger partial charge in [-0.2, -0.15) is 0 Å². The molecule has 3 aliphatic heterocycles. The van der Waals surface area contributed by atoms with Gasteiger partial charge in [0.2, 0.25) is 0 Å². The minimum atomic E-state index is -0.605. The first-order valence-corrected chi connectivity index (χ1v) is 7.14. The van der Waals surface area contributed by atoms with Crippen molar-refractivity contribution in [2.45, 2.75) is 37.6 Å². The third-order valence-corrected chi connectivity index (χ3v) is 4.37. The SMILES string of the molecule is O=C(N[C@@H]1CO[C@H]2[C@@H]1OC[C@H]2O)c1cccc2c1COC2. The van der Waals surface area contributed by atoms with Crippen LogP contribution in [0.5, 0.6) is 0 Å². The van der Waals surface area contributed by atoms with Crippen molar-refractivity contribution in [1.29, 1.82) is 0 Å². The van der Waals surface area contributed by atoms with Crippen molar-refractivity contribution in [3.63, 3.8) is 0 Å². The number of aliphatic hydroxyl groups is 1. The Balaban J connectivity index is 1.51. The van der Waals surface area contributed by atoms with Gasteiger partial charge in [0.25, 0.3) is 5.91 Å². The van der Waals surface area contributed by atoms with Crippen LogP contribution in [0.2, 0.25) is 0 Å². The summed E-state index contributed by atoms with van der Waals surface area (Å²) in [5, 5.41) is 12.7. The van der Waals surface area contributed by atoms with E-state index in [1.807, 2.05) is 12.1 Å². The maximum atomic E-state index is 12.5. The fourth-order valence-corrected chi connectivity index (χ4v) is 3.27. The van der Waals surface area contributed by atoms with Crippen LogP contribution in [0.4, 0.5) is 0 Å². The Kier molecular flexibility index (Phi) is 3.19. The Labute approximate surface area is 122 Å². The molecule has 4 atom stereocenters. The molecule has 6 heteroatoms. The van der Waals surface area contributed by atoms with Gasteiger partial charge in [0.15, 0.2) is 0 Å². The fraction of sp³-hybridized carbons (Fsp3) is 0.533. The molecule has 1 aromatic carbocycles. The van der Waals surface area contributed by atoms with Gasteiger partial charge in [-0.05, 0) is 17.2 Å². The van der Waals surface area contributed by atoms with Crippen LogP contribution >= 0.6 is 0 Å². The topological polar surface area (TPSA) is 77.0 Å². The molecular formula is C15H17NO5. The van der Waals surface area contributed by atoms with Crippen LogP contribution in [0.25, 0.3) is 0 Å². The zero-order valence-electron chi connectivity index (χ0n) is 11.5. The van der Waals surface area contributed by atoms with Crippen molar-refractivity contribution < 1.29 is 24.1 Å². The molecule has 3 aliphatic rings. The monoisotopic (exact) mass is 291 g/mol. The summed E-state index contributed by atoms with van der Waals surface area (Å²) in [5.41, 5.74) is 2.67. The average molecular weight is 291 g/mol. The Morgan fingerprint density at radius 1 is 1.19 bits per heavy atom. The summed E-state index contributed by atoms with van der Waals surface area (Å²) in [6.07, 6.45) is -1.21. The van der Waals surface area contributed by atoms with Crippen LogP contribution in [-0.2, 0) is 27.4 Å². The van der Waals surface area contributed by atoms with E-state index in [9.17, 15) is 9.90 Å². The number of amides is 1. The molecule has 0 bridgehead atoms. The second kappa shape index (κ2) is 5.06. The first kappa shape index (κ1) is 13.2. The lowest BCUT2D eigenvalue weighted by atomic mass is 10.0. The second-order valence-electron chi connectivity index (χ2n) is 5.68. The summed E-state index contributed by atoms with van der Waals surface area (Å²) in [7, 11) is 0. The largest absolute Gasteiger partial charge is 0.388 e. The number of hydrogen-bond acceptors (Lipinski definition) is 5. The molecule has 6 nitrogen and oxygen atoms in total. The number of rotatable bonds is 2. The van der Waals surface area contributed by atoms with Crippen molar-refractivity contribution in [2.24, 2.45) is 0 Å². The molecule has 0 spiro atoms. The van der Waals surface area contributed by atoms with Crippen molar-refractivity contribution in [2.75, 3.05) is 13.2 Å². The van der Waals surface area contributed by atoms with Gasteiger partial charge in [-0.25, -0.2) is 0 Å². The number of carbonyl (C=O) groups excluding carboxylic acids is 1. The van der Waals surface area contributed by atoms with Crippen molar-refractivity contribution in [3.8, 4) is 0 Å². The normalized spacial score (nSPS) is 33.8. The summed E-state index contributed by atoms with van der Waals surface area (Å²) in [6.45, 7) is 1.66. The lowest BCUT2D eigenvalue weighted by Crippen LogP contribution is -2.44. The fourth-order valence-electron chi connectivity index (χ4n) is 3.27. The van der Waals surface area contributed by atoms with E-state index >= 15 is 0 Å². The Hall–Kier alpha value is -1.47. The highest BCUT2D eigenvalue weighted by Gasteiger charge is 2.47. The van der Waals surface area contributed by atoms with E-state index in [-0.39, 0.29) is 30.8 Å². The molecule has 0 saturated carbocycles. The Bertz CT molecular complexity index is 575. The zero-order valence-corrected chi connectivity index (χ0v) is 11.5. The summed E-state index contributed by atoms with van der Waals surface area (Å²) >= 11 is 0. The van der Waals surface area contributed by atoms with Crippen LogP contribution in [0.1, 0.15) is 21.5 Å². The predicted octanol–water partition coefficient (Wildman–Crippen LogP) is -0.0263. The van der Waals surface area contributed by atoms with Gasteiger partial charge in [0.05, 0.1) is 32.5 Å². The predicted molar refractivity (Wildman–Crippen MR) is 71.7 cm³/mol. The summed E-state index contributed by atoms with van der Waals surface area (Å²) in [4.78, 5) is 12.5.